The molecule has 3 atom stereocenters. The second kappa shape index (κ2) is 3.61. The van der Waals surface area contributed by atoms with Gasteiger partial charge in [0.15, 0.2) is 0 Å². The first kappa shape index (κ1) is 9.51. The van der Waals surface area contributed by atoms with E-state index in [0.717, 1.165) is 11.8 Å². The molecule has 2 rings (SSSR count). The molecular formula is C12H23N. The molecule has 0 spiro atoms. The van der Waals surface area contributed by atoms with E-state index in [1.807, 2.05) is 0 Å². The lowest BCUT2D eigenvalue weighted by Crippen LogP contribution is -2.39. The third-order valence-corrected chi connectivity index (χ3v) is 4.06. The number of hydrogen-bond donors (Lipinski definition) is 1. The van der Waals surface area contributed by atoms with Crippen LogP contribution in [-0.4, -0.2) is 13.6 Å². The van der Waals surface area contributed by atoms with Crippen LogP contribution in [0.2, 0.25) is 0 Å². The lowest BCUT2D eigenvalue weighted by molar-refractivity contribution is 0.0698. The molecule has 76 valence electrons. The third-order valence-electron chi connectivity index (χ3n) is 4.06. The topological polar surface area (TPSA) is 12.0 Å². The van der Waals surface area contributed by atoms with E-state index in [4.69, 9.17) is 0 Å². The van der Waals surface area contributed by atoms with E-state index in [2.05, 4.69) is 19.3 Å². The van der Waals surface area contributed by atoms with Crippen molar-refractivity contribution in [3.8, 4) is 0 Å². The molecule has 13 heavy (non-hydrogen) atoms. The molecule has 2 bridgehead atoms. The second-order valence-corrected chi connectivity index (χ2v) is 5.65. The molecule has 1 heteroatoms. The molecule has 0 aromatic carbocycles. The van der Waals surface area contributed by atoms with E-state index >= 15 is 0 Å². The Balaban J connectivity index is 2.00. The quantitative estimate of drug-likeness (QED) is 0.690. The van der Waals surface area contributed by atoms with Crippen molar-refractivity contribution in [3.63, 3.8) is 0 Å². The summed E-state index contributed by atoms with van der Waals surface area (Å²) in [6, 6.07) is 0. The van der Waals surface area contributed by atoms with Crippen molar-refractivity contribution in [2.75, 3.05) is 13.6 Å². The van der Waals surface area contributed by atoms with E-state index in [9.17, 15) is 0 Å². The van der Waals surface area contributed by atoms with E-state index < -0.39 is 0 Å². The minimum absolute atomic E-state index is 0.614. The van der Waals surface area contributed by atoms with Crippen LogP contribution in [-0.2, 0) is 0 Å². The van der Waals surface area contributed by atoms with Crippen LogP contribution in [0.3, 0.4) is 0 Å². The third kappa shape index (κ3) is 2.07. The number of nitrogens with one attached hydrogen (secondary N) is 1. The largest absolute Gasteiger partial charge is 0.319 e. The van der Waals surface area contributed by atoms with Crippen molar-refractivity contribution < 1.29 is 0 Å². The summed E-state index contributed by atoms with van der Waals surface area (Å²) in [7, 11) is 2.09. The van der Waals surface area contributed by atoms with Crippen LogP contribution in [0.15, 0.2) is 0 Å². The molecule has 2 saturated carbocycles. The molecule has 0 unspecified atom stereocenters. The standard InChI is InChI=1S/C12H23N/c1-12(9-13-2)7-10-4-3-5-11(6-10)8-12/h10-11,13H,3-9H2,1-2H3/t10-,11+,12+. The maximum Gasteiger partial charge on any atom is 0.000236 e. The van der Waals surface area contributed by atoms with Crippen LogP contribution >= 0.6 is 0 Å². The SMILES string of the molecule is CNC[C@@]1(C)C[C@@H]2CCC[C@@H](C2)C1. The minimum Gasteiger partial charge on any atom is -0.319 e. The molecule has 1 N–H and O–H groups in total. The molecule has 0 aromatic rings. The molecule has 0 aromatic heterocycles. The lowest BCUT2D eigenvalue weighted by Gasteiger charge is -2.45. The van der Waals surface area contributed by atoms with Crippen LogP contribution < -0.4 is 5.32 Å². The lowest BCUT2D eigenvalue weighted by atomic mass is 9.61. The second-order valence-electron chi connectivity index (χ2n) is 5.65. The van der Waals surface area contributed by atoms with Crippen LogP contribution in [0.5, 0.6) is 0 Å². The molecular weight excluding hydrogens is 158 g/mol. The summed E-state index contributed by atoms with van der Waals surface area (Å²) in [5.74, 6) is 2.12. The maximum absolute atomic E-state index is 3.37. The highest BCUT2D eigenvalue weighted by Gasteiger charge is 2.38. The van der Waals surface area contributed by atoms with Gasteiger partial charge in [0.05, 0.1) is 0 Å². The summed E-state index contributed by atoms with van der Waals surface area (Å²) < 4.78 is 0. The zero-order valence-electron chi connectivity index (χ0n) is 9.10. The summed E-state index contributed by atoms with van der Waals surface area (Å²) in [6.45, 7) is 3.70. The zero-order chi connectivity index (χ0) is 9.31. The fourth-order valence-electron chi connectivity index (χ4n) is 3.82. The Morgan fingerprint density at radius 2 is 1.85 bits per heavy atom. The van der Waals surface area contributed by atoms with Gasteiger partial charge in [0.25, 0.3) is 0 Å². The van der Waals surface area contributed by atoms with Crippen molar-refractivity contribution >= 4 is 0 Å². The van der Waals surface area contributed by atoms with Crippen molar-refractivity contribution in [3.05, 3.63) is 0 Å². The summed E-state index contributed by atoms with van der Waals surface area (Å²) in [5.41, 5.74) is 0.614. The number of fused-ring (bicyclic) bond motifs is 2. The van der Waals surface area contributed by atoms with Crippen LogP contribution in [0.25, 0.3) is 0 Å². The predicted octanol–water partition coefficient (Wildman–Crippen LogP) is 2.81. The number of hydrogen-bond acceptors (Lipinski definition) is 1. The predicted molar refractivity (Wildman–Crippen MR) is 56.7 cm³/mol. The van der Waals surface area contributed by atoms with Crippen molar-refractivity contribution in [1.82, 2.24) is 5.32 Å². The zero-order valence-corrected chi connectivity index (χ0v) is 9.10. The molecule has 1 nitrogen and oxygen atoms in total. The highest BCUT2D eigenvalue weighted by Crippen LogP contribution is 2.48. The molecule has 0 radical (unpaired) electrons. The Labute approximate surface area is 82.3 Å². The first-order valence-corrected chi connectivity index (χ1v) is 5.86. The monoisotopic (exact) mass is 181 g/mol. The summed E-state index contributed by atoms with van der Waals surface area (Å²) in [4.78, 5) is 0. The molecule has 0 amide bonds. The van der Waals surface area contributed by atoms with Gasteiger partial charge < -0.3 is 5.32 Å². The normalized spacial score (nSPS) is 44.8. The van der Waals surface area contributed by atoms with Gasteiger partial charge in [-0.1, -0.05) is 26.2 Å². The van der Waals surface area contributed by atoms with Gasteiger partial charge in [-0.2, -0.15) is 0 Å². The summed E-state index contributed by atoms with van der Waals surface area (Å²) in [6.07, 6.45) is 9.02. The Morgan fingerprint density at radius 3 is 2.38 bits per heavy atom. The highest BCUT2D eigenvalue weighted by molar-refractivity contribution is 4.90. The average Bonchev–Trinajstić information content (AvgIpc) is 2.02. The van der Waals surface area contributed by atoms with Crippen molar-refractivity contribution in [1.29, 1.82) is 0 Å². The van der Waals surface area contributed by atoms with Crippen LogP contribution in [0.4, 0.5) is 0 Å². The van der Waals surface area contributed by atoms with E-state index in [-0.39, 0.29) is 0 Å². The van der Waals surface area contributed by atoms with Gasteiger partial charge in [-0.05, 0) is 43.6 Å². The first-order valence-electron chi connectivity index (χ1n) is 5.86. The fourth-order valence-corrected chi connectivity index (χ4v) is 3.82. The summed E-state index contributed by atoms with van der Waals surface area (Å²) in [5, 5.41) is 3.37. The maximum atomic E-state index is 3.37. The fraction of sp³-hybridized carbons (Fsp3) is 1.00. The number of rotatable bonds is 2. The van der Waals surface area contributed by atoms with Gasteiger partial charge in [0.1, 0.15) is 0 Å². The van der Waals surface area contributed by atoms with Gasteiger partial charge in [-0.3, -0.25) is 0 Å². The van der Waals surface area contributed by atoms with Gasteiger partial charge in [0, 0.05) is 6.54 Å². The molecule has 2 aliphatic carbocycles. The Morgan fingerprint density at radius 1 is 1.23 bits per heavy atom. The smallest absolute Gasteiger partial charge is 0.000236 e. The van der Waals surface area contributed by atoms with Gasteiger partial charge >= 0.3 is 0 Å². The Bertz CT molecular complexity index is 164. The minimum atomic E-state index is 0.614. The Kier molecular flexibility index (Phi) is 2.64. The van der Waals surface area contributed by atoms with E-state index in [1.54, 1.807) is 6.42 Å². The molecule has 0 saturated heterocycles. The van der Waals surface area contributed by atoms with Crippen molar-refractivity contribution in [2.24, 2.45) is 17.3 Å². The van der Waals surface area contributed by atoms with Crippen LogP contribution in [0.1, 0.15) is 45.4 Å². The van der Waals surface area contributed by atoms with Gasteiger partial charge in [0.2, 0.25) is 0 Å². The van der Waals surface area contributed by atoms with Gasteiger partial charge in [-0.15, -0.1) is 0 Å². The van der Waals surface area contributed by atoms with Crippen molar-refractivity contribution in [2.45, 2.75) is 45.4 Å². The molecule has 2 fully saturated rings. The molecule has 2 aliphatic rings. The molecule has 0 aliphatic heterocycles. The molecule has 0 heterocycles. The Hall–Kier alpha value is -0.0400. The summed E-state index contributed by atoms with van der Waals surface area (Å²) >= 11 is 0. The van der Waals surface area contributed by atoms with Gasteiger partial charge in [-0.25, -0.2) is 0 Å². The average molecular weight is 181 g/mol. The highest BCUT2D eigenvalue weighted by atomic mass is 14.8. The van der Waals surface area contributed by atoms with Crippen LogP contribution in [0, 0.1) is 17.3 Å². The van der Waals surface area contributed by atoms with E-state index in [0.29, 0.717) is 5.41 Å². The first-order chi connectivity index (χ1) is 6.22. The van der Waals surface area contributed by atoms with E-state index in [1.165, 1.54) is 38.6 Å².